The zero-order chi connectivity index (χ0) is 18.5. The second-order valence-electron chi connectivity index (χ2n) is 7.09. The molecule has 2 aliphatic heterocycles. The fourth-order valence-electron chi connectivity index (χ4n) is 3.80. The summed E-state index contributed by atoms with van der Waals surface area (Å²) in [5.41, 5.74) is 1.36. The minimum Gasteiger partial charge on any atom is -0.381 e. The molecular formula is C20H25BrN4O2. The summed E-state index contributed by atoms with van der Waals surface area (Å²) in [6.45, 7) is 5.59. The van der Waals surface area contributed by atoms with Crippen LogP contribution in [0.4, 0.5) is 11.8 Å². The Morgan fingerprint density at radius 2 is 1.85 bits per heavy atom. The summed E-state index contributed by atoms with van der Waals surface area (Å²) < 4.78 is 12.2. The lowest BCUT2D eigenvalue weighted by molar-refractivity contribution is 0.0543. The fourth-order valence-corrected chi connectivity index (χ4v) is 4.20. The number of anilines is 2. The van der Waals surface area contributed by atoms with E-state index in [1.54, 1.807) is 0 Å². The van der Waals surface area contributed by atoms with Crippen LogP contribution in [-0.2, 0) is 14.9 Å². The monoisotopic (exact) mass is 432 g/mol. The molecule has 2 saturated heterocycles. The Morgan fingerprint density at radius 3 is 2.63 bits per heavy atom. The van der Waals surface area contributed by atoms with Crippen molar-refractivity contribution in [1.29, 1.82) is 0 Å². The van der Waals surface area contributed by atoms with E-state index in [0.717, 1.165) is 69.2 Å². The van der Waals surface area contributed by atoms with Gasteiger partial charge in [-0.2, -0.15) is 4.98 Å². The zero-order valence-corrected chi connectivity index (χ0v) is 17.0. The number of nitrogens with zero attached hydrogens (tertiary/aromatic N) is 3. The van der Waals surface area contributed by atoms with Crippen LogP contribution in [0, 0.1) is 0 Å². The van der Waals surface area contributed by atoms with Gasteiger partial charge < -0.3 is 19.7 Å². The molecular weight excluding hydrogens is 408 g/mol. The van der Waals surface area contributed by atoms with Crippen molar-refractivity contribution in [2.24, 2.45) is 0 Å². The summed E-state index contributed by atoms with van der Waals surface area (Å²) >= 11 is 3.61. The van der Waals surface area contributed by atoms with Crippen molar-refractivity contribution in [1.82, 2.24) is 9.97 Å². The lowest BCUT2D eigenvalue weighted by Crippen LogP contribution is -2.40. The number of hydrogen-bond donors (Lipinski definition) is 1. The highest BCUT2D eigenvalue weighted by molar-refractivity contribution is 9.10. The minimum atomic E-state index is 0.0281. The number of benzene rings is 1. The topological polar surface area (TPSA) is 59.5 Å². The van der Waals surface area contributed by atoms with Gasteiger partial charge in [0.05, 0.1) is 13.2 Å². The molecule has 0 spiro atoms. The first kappa shape index (κ1) is 18.7. The second-order valence-corrected chi connectivity index (χ2v) is 8.01. The van der Waals surface area contributed by atoms with E-state index in [-0.39, 0.29) is 5.41 Å². The number of ether oxygens (including phenoxy) is 2. The van der Waals surface area contributed by atoms with Crippen LogP contribution in [-0.4, -0.2) is 56.0 Å². The molecule has 0 radical (unpaired) electrons. The maximum absolute atomic E-state index is 5.64. The van der Waals surface area contributed by atoms with E-state index in [2.05, 4.69) is 55.4 Å². The number of halogens is 1. The molecule has 4 rings (SSSR count). The number of rotatable bonds is 5. The molecule has 3 heterocycles. The molecule has 0 saturated carbocycles. The molecule has 7 heteroatoms. The second kappa shape index (κ2) is 8.54. The molecule has 0 atom stereocenters. The van der Waals surface area contributed by atoms with E-state index >= 15 is 0 Å². The quantitative estimate of drug-likeness (QED) is 0.782. The van der Waals surface area contributed by atoms with E-state index in [1.807, 2.05) is 12.3 Å². The first-order valence-corrected chi connectivity index (χ1v) is 10.3. The van der Waals surface area contributed by atoms with Crippen molar-refractivity contribution in [2.45, 2.75) is 18.3 Å². The highest BCUT2D eigenvalue weighted by atomic mass is 79.9. The molecule has 0 amide bonds. The number of nitrogens with one attached hydrogen (secondary N) is 1. The van der Waals surface area contributed by atoms with Gasteiger partial charge in [-0.15, -0.1) is 0 Å². The van der Waals surface area contributed by atoms with E-state index in [0.29, 0.717) is 5.95 Å². The third kappa shape index (κ3) is 4.42. The van der Waals surface area contributed by atoms with Crippen LogP contribution in [0.1, 0.15) is 18.4 Å². The Balaban J connectivity index is 1.51. The van der Waals surface area contributed by atoms with Gasteiger partial charge in [0, 0.05) is 48.9 Å². The molecule has 6 nitrogen and oxygen atoms in total. The van der Waals surface area contributed by atoms with E-state index < -0.39 is 0 Å². The van der Waals surface area contributed by atoms with Crippen molar-refractivity contribution in [2.75, 3.05) is 56.3 Å². The molecule has 1 aromatic heterocycles. The third-order valence-electron chi connectivity index (χ3n) is 5.45. The van der Waals surface area contributed by atoms with Crippen molar-refractivity contribution in [3.63, 3.8) is 0 Å². The smallest absolute Gasteiger partial charge is 0.224 e. The summed E-state index contributed by atoms with van der Waals surface area (Å²) in [6, 6.07) is 10.6. The SMILES string of the molecule is Brc1cccc(C2(CNc3nccc(N4CCOCC4)n3)CCOCC2)c1. The Kier molecular flexibility index (Phi) is 5.90. The first-order valence-electron chi connectivity index (χ1n) is 9.49. The lowest BCUT2D eigenvalue weighted by atomic mass is 9.74. The van der Waals surface area contributed by atoms with Gasteiger partial charge in [-0.25, -0.2) is 4.98 Å². The van der Waals surface area contributed by atoms with Gasteiger partial charge in [0.25, 0.3) is 0 Å². The predicted molar refractivity (Wildman–Crippen MR) is 109 cm³/mol. The Labute approximate surface area is 168 Å². The molecule has 27 heavy (non-hydrogen) atoms. The average Bonchev–Trinajstić information content (AvgIpc) is 2.74. The molecule has 0 aliphatic carbocycles. The molecule has 1 N–H and O–H groups in total. The van der Waals surface area contributed by atoms with Gasteiger partial charge >= 0.3 is 0 Å². The van der Waals surface area contributed by atoms with Crippen LogP contribution < -0.4 is 10.2 Å². The van der Waals surface area contributed by atoms with Crippen molar-refractivity contribution < 1.29 is 9.47 Å². The Bertz CT molecular complexity index is 761. The summed E-state index contributed by atoms with van der Waals surface area (Å²) in [7, 11) is 0. The molecule has 144 valence electrons. The summed E-state index contributed by atoms with van der Waals surface area (Å²) in [4.78, 5) is 11.4. The largest absolute Gasteiger partial charge is 0.381 e. The number of morpholine rings is 1. The summed E-state index contributed by atoms with van der Waals surface area (Å²) in [6.07, 6.45) is 3.80. The fraction of sp³-hybridized carbons (Fsp3) is 0.500. The van der Waals surface area contributed by atoms with Gasteiger partial charge in [-0.05, 0) is 36.6 Å². The van der Waals surface area contributed by atoms with Crippen LogP contribution in [0.25, 0.3) is 0 Å². The summed E-state index contributed by atoms with van der Waals surface area (Å²) in [5.74, 6) is 1.64. The van der Waals surface area contributed by atoms with E-state index in [1.165, 1.54) is 5.56 Å². The van der Waals surface area contributed by atoms with Crippen LogP contribution in [0.15, 0.2) is 41.0 Å². The van der Waals surface area contributed by atoms with Gasteiger partial charge in [-0.1, -0.05) is 28.1 Å². The van der Waals surface area contributed by atoms with Crippen LogP contribution in [0.3, 0.4) is 0 Å². The van der Waals surface area contributed by atoms with Gasteiger partial charge in [0.2, 0.25) is 5.95 Å². The van der Waals surface area contributed by atoms with E-state index in [9.17, 15) is 0 Å². The highest BCUT2D eigenvalue weighted by Gasteiger charge is 2.34. The van der Waals surface area contributed by atoms with Crippen LogP contribution in [0.5, 0.6) is 0 Å². The van der Waals surface area contributed by atoms with Gasteiger partial charge in [0.15, 0.2) is 0 Å². The molecule has 2 aliphatic rings. The molecule has 2 fully saturated rings. The van der Waals surface area contributed by atoms with Crippen LogP contribution >= 0.6 is 15.9 Å². The van der Waals surface area contributed by atoms with Crippen molar-refractivity contribution in [3.05, 3.63) is 46.6 Å². The minimum absolute atomic E-state index is 0.0281. The molecule has 0 unspecified atom stereocenters. The number of aromatic nitrogens is 2. The highest BCUT2D eigenvalue weighted by Crippen LogP contribution is 2.36. The van der Waals surface area contributed by atoms with E-state index in [4.69, 9.17) is 14.5 Å². The molecule has 0 bridgehead atoms. The number of hydrogen-bond acceptors (Lipinski definition) is 6. The maximum atomic E-state index is 5.64. The molecule has 1 aromatic carbocycles. The van der Waals surface area contributed by atoms with Gasteiger partial charge in [-0.3, -0.25) is 0 Å². The first-order chi connectivity index (χ1) is 13.3. The molecule has 2 aromatic rings. The Morgan fingerprint density at radius 1 is 1.07 bits per heavy atom. The summed E-state index contributed by atoms with van der Waals surface area (Å²) in [5, 5.41) is 3.50. The predicted octanol–water partition coefficient (Wildman–Crippen LogP) is 3.24. The van der Waals surface area contributed by atoms with Gasteiger partial charge in [0.1, 0.15) is 5.82 Å². The maximum Gasteiger partial charge on any atom is 0.224 e. The van der Waals surface area contributed by atoms with Crippen molar-refractivity contribution in [3.8, 4) is 0 Å². The Hall–Kier alpha value is -1.70. The standard InChI is InChI=1S/C20H25BrN4O2/c21-17-3-1-2-16(14-17)20(5-10-26-11-6-20)15-23-19-22-7-4-18(24-19)25-8-12-27-13-9-25/h1-4,7,14H,5-6,8-13,15H2,(H,22,23,24). The lowest BCUT2D eigenvalue weighted by Gasteiger charge is -2.38. The zero-order valence-electron chi connectivity index (χ0n) is 15.4. The average molecular weight is 433 g/mol. The van der Waals surface area contributed by atoms with Crippen LogP contribution in [0.2, 0.25) is 0 Å². The normalized spacial score (nSPS) is 19.7. The van der Waals surface area contributed by atoms with Crippen molar-refractivity contribution >= 4 is 27.7 Å². The third-order valence-corrected chi connectivity index (χ3v) is 5.94.